The molecule has 1 aromatic heterocycles. The van der Waals surface area contributed by atoms with Gasteiger partial charge in [0, 0.05) is 44.7 Å². The number of rotatable bonds is 4. The summed E-state index contributed by atoms with van der Waals surface area (Å²) in [5, 5.41) is 9.71. The van der Waals surface area contributed by atoms with Crippen molar-refractivity contribution in [2.45, 2.75) is 26.2 Å². The second kappa shape index (κ2) is 6.53. The predicted octanol–water partition coefficient (Wildman–Crippen LogP) is 0.0794. The molecule has 1 aromatic rings. The van der Waals surface area contributed by atoms with Gasteiger partial charge in [0.2, 0.25) is 5.82 Å². The Morgan fingerprint density at radius 3 is 2.52 bits per heavy atom. The monoisotopic (exact) mass is 294 g/mol. The zero-order valence-electron chi connectivity index (χ0n) is 13.4. The molecule has 21 heavy (non-hydrogen) atoms. The van der Waals surface area contributed by atoms with Gasteiger partial charge in [0.05, 0.1) is 0 Å². The van der Waals surface area contributed by atoms with E-state index in [0.717, 1.165) is 38.5 Å². The van der Waals surface area contributed by atoms with Crippen molar-refractivity contribution in [3.8, 4) is 0 Å². The van der Waals surface area contributed by atoms with E-state index in [9.17, 15) is 4.79 Å². The summed E-state index contributed by atoms with van der Waals surface area (Å²) < 4.78 is 0. The van der Waals surface area contributed by atoms with Gasteiger partial charge in [-0.2, -0.15) is 0 Å². The Morgan fingerprint density at radius 1 is 1.29 bits per heavy atom. The van der Waals surface area contributed by atoms with Crippen molar-refractivity contribution in [2.75, 3.05) is 46.3 Å². The highest BCUT2D eigenvalue weighted by Gasteiger charge is 2.21. The van der Waals surface area contributed by atoms with E-state index in [4.69, 9.17) is 0 Å². The number of hydrogen-bond donors (Lipinski definition) is 2. The van der Waals surface area contributed by atoms with E-state index >= 15 is 0 Å². The summed E-state index contributed by atoms with van der Waals surface area (Å²) in [5.41, 5.74) is -0.134. The molecule has 2 N–H and O–H groups in total. The quantitative estimate of drug-likeness (QED) is 0.822. The standard InChI is InChI=1S/C14H26N6O/c1-14(2,3)13-16-11(17-18-13)12(21)15-5-6-20-9-7-19(4)8-10-20/h5-10H2,1-4H3,(H,15,21)(H,16,17,18). The topological polar surface area (TPSA) is 77.1 Å². The fourth-order valence-corrected chi connectivity index (χ4v) is 2.18. The van der Waals surface area contributed by atoms with Crippen LogP contribution in [-0.4, -0.2) is 77.2 Å². The van der Waals surface area contributed by atoms with Gasteiger partial charge in [-0.3, -0.25) is 14.8 Å². The molecule has 1 saturated heterocycles. The minimum absolute atomic E-state index is 0.134. The minimum atomic E-state index is -0.212. The first-order valence-corrected chi connectivity index (χ1v) is 7.48. The van der Waals surface area contributed by atoms with Gasteiger partial charge in [0.15, 0.2) is 0 Å². The van der Waals surface area contributed by atoms with Crippen molar-refractivity contribution >= 4 is 5.91 Å². The van der Waals surface area contributed by atoms with Crippen molar-refractivity contribution in [1.29, 1.82) is 0 Å². The van der Waals surface area contributed by atoms with E-state index in [1.165, 1.54) is 0 Å². The van der Waals surface area contributed by atoms with Gasteiger partial charge in [-0.25, -0.2) is 4.98 Å². The van der Waals surface area contributed by atoms with Gasteiger partial charge in [0.1, 0.15) is 5.82 Å². The molecule has 0 radical (unpaired) electrons. The van der Waals surface area contributed by atoms with E-state index in [2.05, 4.69) is 37.3 Å². The van der Waals surface area contributed by atoms with Gasteiger partial charge in [-0.15, -0.1) is 5.10 Å². The number of aromatic nitrogens is 3. The molecule has 0 bridgehead atoms. The molecular weight excluding hydrogens is 268 g/mol. The minimum Gasteiger partial charge on any atom is -0.348 e. The predicted molar refractivity (Wildman–Crippen MR) is 81.4 cm³/mol. The number of carbonyl (C=O) groups excluding carboxylic acids is 1. The SMILES string of the molecule is CN1CCN(CCNC(=O)c2n[nH]c(C(C)(C)C)n2)CC1. The molecule has 7 heteroatoms. The molecule has 1 aliphatic rings. The number of hydrogen-bond acceptors (Lipinski definition) is 5. The van der Waals surface area contributed by atoms with Gasteiger partial charge in [0.25, 0.3) is 5.91 Å². The first-order valence-electron chi connectivity index (χ1n) is 7.48. The molecule has 2 heterocycles. The van der Waals surface area contributed by atoms with Gasteiger partial charge in [-0.1, -0.05) is 20.8 Å². The largest absolute Gasteiger partial charge is 0.348 e. The Bertz CT molecular complexity index is 470. The Balaban J connectivity index is 1.76. The summed E-state index contributed by atoms with van der Waals surface area (Å²) in [7, 11) is 2.13. The highest BCUT2D eigenvalue weighted by atomic mass is 16.2. The van der Waals surface area contributed by atoms with Crippen molar-refractivity contribution in [3.05, 3.63) is 11.6 Å². The molecule has 1 aliphatic heterocycles. The molecule has 0 unspecified atom stereocenters. The third-order valence-corrected chi connectivity index (χ3v) is 3.71. The van der Waals surface area contributed by atoms with Crippen LogP contribution in [0.5, 0.6) is 0 Å². The maximum Gasteiger partial charge on any atom is 0.291 e. The number of piperazine rings is 1. The van der Waals surface area contributed by atoms with E-state index < -0.39 is 0 Å². The van der Waals surface area contributed by atoms with Crippen LogP contribution >= 0.6 is 0 Å². The number of amides is 1. The summed E-state index contributed by atoms with van der Waals surface area (Å²) in [5.74, 6) is 0.737. The lowest BCUT2D eigenvalue weighted by Gasteiger charge is -2.32. The number of aromatic amines is 1. The maximum atomic E-state index is 12.0. The fraction of sp³-hybridized carbons (Fsp3) is 0.786. The lowest BCUT2D eigenvalue weighted by atomic mass is 9.96. The second-order valence-corrected chi connectivity index (χ2v) is 6.66. The number of H-pyrrole nitrogens is 1. The van der Waals surface area contributed by atoms with E-state index in [1.54, 1.807) is 0 Å². The molecule has 0 saturated carbocycles. The summed E-state index contributed by atoms with van der Waals surface area (Å²) in [6.07, 6.45) is 0. The highest BCUT2D eigenvalue weighted by Crippen LogP contribution is 2.17. The van der Waals surface area contributed by atoms with Crippen LogP contribution in [0, 0.1) is 0 Å². The molecule has 0 spiro atoms. The number of carbonyl (C=O) groups is 1. The average Bonchev–Trinajstić information content (AvgIpc) is 2.90. The van der Waals surface area contributed by atoms with Crippen LogP contribution in [0.1, 0.15) is 37.2 Å². The van der Waals surface area contributed by atoms with Crippen LogP contribution < -0.4 is 5.32 Å². The molecule has 0 aliphatic carbocycles. The van der Waals surface area contributed by atoms with E-state index in [0.29, 0.717) is 6.54 Å². The molecule has 118 valence electrons. The summed E-state index contributed by atoms with van der Waals surface area (Å²) >= 11 is 0. The van der Waals surface area contributed by atoms with E-state index in [1.807, 2.05) is 20.8 Å². The summed E-state index contributed by atoms with van der Waals surface area (Å²) in [4.78, 5) is 20.9. The molecular formula is C14H26N6O. The number of nitrogens with one attached hydrogen (secondary N) is 2. The van der Waals surface area contributed by atoms with E-state index in [-0.39, 0.29) is 17.1 Å². The molecule has 1 fully saturated rings. The van der Waals surface area contributed by atoms with Gasteiger partial charge in [-0.05, 0) is 7.05 Å². The zero-order chi connectivity index (χ0) is 15.5. The molecule has 0 atom stereocenters. The van der Waals surface area contributed by atoms with Crippen LogP contribution in [0.2, 0.25) is 0 Å². The molecule has 2 rings (SSSR count). The van der Waals surface area contributed by atoms with Crippen LogP contribution in [0.3, 0.4) is 0 Å². The van der Waals surface area contributed by atoms with Crippen LogP contribution in [0.25, 0.3) is 0 Å². The summed E-state index contributed by atoms with van der Waals surface area (Å²) in [6, 6.07) is 0. The Kier molecular flexibility index (Phi) is 4.95. The third-order valence-electron chi connectivity index (χ3n) is 3.71. The van der Waals surface area contributed by atoms with Crippen LogP contribution in [0.15, 0.2) is 0 Å². The lowest BCUT2D eigenvalue weighted by Crippen LogP contribution is -2.47. The Hall–Kier alpha value is -1.47. The van der Waals surface area contributed by atoms with Crippen LogP contribution in [0.4, 0.5) is 0 Å². The first kappa shape index (κ1) is 15.9. The lowest BCUT2D eigenvalue weighted by molar-refractivity contribution is 0.0931. The normalized spacial score (nSPS) is 17.9. The Morgan fingerprint density at radius 2 is 1.95 bits per heavy atom. The van der Waals surface area contributed by atoms with Crippen molar-refractivity contribution in [2.24, 2.45) is 0 Å². The second-order valence-electron chi connectivity index (χ2n) is 6.66. The Labute approximate surface area is 126 Å². The molecule has 0 aromatic carbocycles. The van der Waals surface area contributed by atoms with Crippen LogP contribution in [-0.2, 0) is 5.41 Å². The van der Waals surface area contributed by atoms with Gasteiger partial charge < -0.3 is 10.2 Å². The average molecular weight is 294 g/mol. The maximum absolute atomic E-state index is 12.0. The number of nitrogens with zero attached hydrogens (tertiary/aromatic N) is 4. The first-order chi connectivity index (χ1) is 9.86. The van der Waals surface area contributed by atoms with Crippen molar-refractivity contribution < 1.29 is 4.79 Å². The third kappa shape index (κ3) is 4.50. The van der Waals surface area contributed by atoms with Gasteiger partial charge >= 0.3 is 0 Å². The zero-order valence-corrected chi connectivity index (χ0v) is 13.4. The van der Waals surface area contributed by atoms with Crippen molar-refractivity contribution in [1.82, 2.24) is 30.3 Å². The highest BCUT2D eigenvalue weighted by molar-refractivity contribution is 5.90. The smallest absolute Gasteiger partial charge is 0.291 e. The molecule has 1 amide bonds. The molecule has 7 nitrogen and oxygen atoms in total. The number of likely N-dealkylation sites (N-methyl/N-ethyl adjacent to an activating group) is 1. The fourth-order valence-electron chi connectivity index (χ4n) is 2.18. The summed E-state index contributed by atoms with van der Waals surface area (Å²) in [6.45, 7) is 11.9. The van der Waals surface area contributed by atoms with Crippen molar-refractivity contribution in [3.63, 3.8) is 0 Å².